The van der Waals surface area contributed by atoms with Crippen LogP contribution in [0, 0.1) is 5.92 Å². The number of benzene rings is 1. The number of methoxy groups -OCH3 is 1. The summed E-state index contributed by atoms with van der Waals surface area (Å²) < 4.78 is 13.0. The van der Waals surface area contributed by atoms with Gasteiger partial charge in [-0.3, -0.25) is 4.79 Å². The van der Waals surface area contributed by atoms with Gasteiger partial charge in [0.25, 0.3) is 5.56 Å². The molecular formula is C20H26NO3Si. The Bertz CT molecular complexity index is 811. The summed E-state index contributed by atoms with van der Waals surface area (Å²) in [5.41, 5.74) is 1.87. The molecule has 0 atom stereocenters. The largest absolute Gasteiger partial charge is 0.493 e. The van der Waals surface area contributed by atoms with Crippen molar-refractivity contribution < 1.29 is 9.47 Å². The van der Waals surface area contributed by atoms with Crippen LogP contribution < -0.4 is 20.2 Å². The van der Waals surface area contributed by atoms with E-state index >= 15 is 0 Å². The molecule has 5 heteroatoms. The van der Waals surface area contributed by atoms with Crippen LogP contribution in [0.1, 0.15) is 19.8 Å². The van der Waals surface area contributed by atoms with E-state index in [2.05, 4.69) is 31.7 Å². The van der Waals surface area contributed by atoms with Crippen LogP contribution in [0.3, 0.4) is 0 Å². The molecule has 1 saturated carbocycles. The molecule has 0 bridgehead atoms. The van der Waals surface area contributed by atoms with Crippen LogP contribution in [0.5, 0.6) is 11.5 Å². The van der Waals surface area contributed by atoms with Crippen molar-refractivity contribution in [1.29, 1.82) is 0 Å². The zero-order chi connectivity index (χ0) is 18.0. The topological polar surface area (TPSA) is 40.5 Å². The molecule has 25 heavy (non-hydrogen) atoms. The number of hydrogen-bond acceptors (Lipinski definition) is 3. The van der Waals surface area contributed by atoms with Crippen molar-refractivity contribution in [2.24, 2.45) is 13.0 Å². The van der Waals surface area contributed by atoms with Gasteiger partial charge < -0.3 is 14.0 Å². The predicted octanol–water partition coefficient (Wildman–Crippen LogP) is 3.20. The van der Waals surface area contributed by atoms with Gasteiger partial charge in [-0.2, -0.15) is 0 Å². The highest BCUT2D eigenvalue weighted by Gasteiger charge is 2.23. The van der Waals surface area contributed by atoms with E-state index in [0.29, 0.717) is 11.7 Å². The molecule has 2 aromatic rings. The summed E-state index contributed by atoms with van der Waals surface area (Å²) in [6.07, 6.45) is 4.39. The van der Waals surface area contributed by atoms with Crippen LogP contribution in [0.25, 0.3) is 11.1 Å². The molecule has 3 rings (SSSR count). The summed E-state index contributed by atoms with van der Waals surface area (Å²) in [6, 6.07) is 9.53. The molecule has 1 aromatic carbocycles. The number of aryl methyl sites for hydroxylation is 1. The Hall–Kier alpha value is -2.01. The molecule has 0 spiro atoms. The van der Waals surface area contributed by atoms with Crippen molar-refractivity contribution in [3.63, 3.8) is 0 Å². The zero-order valence-electron chi connectivity index (χ0n) is 15.5. The average Bonchev–Trinajstić information content (AvgIpc) is 3.45. The van der Waals surface area contributed by atoms with Gasteiger partial charge in [0.2, 0.25) is 0 Å². The first-order valence-electron chi connectivity index (χ1n) is 8.88. The number of rotatable bonds is 7. The summed E-state index contributed by atoms with van der Waals surface area (Å²) in [4.78, 5) is 12.1. The normalized spacial score (nSPS) is 14.0. The molecule has 133 valence electrons. The molecule has 0 aliphatic heterocycles. The van der Waals surface area contributed by atoms with E-state index in [1.54, 1.807) is 11.6 Å². The van der Waals surface area contributed by atoms with Crippen LogP contribution in [-0.4, -0.2) is 27.1 Å². The SMILES string of the molecule is CC[Si](C)c1ccc(OCC2CC2)c(-c2cc(OC)c(=O)n(C)c2)c1. The Kier molecular flexibility index (Phi) is 5.32. The maximum atomic E-state index is 12.1. The fourth-order valence-electron chi connectivity index (χ4n) is 2.82. The van der Waals surface area contributed by atoms with Gasteiger partial charge in [-0.15, -0.1) is 0 Å². The summed E-state index contributed by atoms with van der Waals surface area (Å²) in [7, 11) is 2.73. The van der Waals surface area contributed by atoms with Gasteiger partial charge in [0.15, 0.2) is 5.75 Å². The molecule has 0 unspecified atom stereocenters. The molecule has 0 saturated heterocycles. The second kappa shape index (κ2) is 7.48. The van der Waals surface area contributed by atoms with Crippen LogP contribution in [0.2, 0.25) is 12.6 Å². The Labute approximate surface area is 151 Å². The van der Waals surface area contributed by atoms with Crippen molar-refractivity contribution in [2.45, 2.75) is 32.4 Å². The van der Waals surface area contributed by atoms with Gasteiger partial charge in [-0.1, -0.05) is 36.8 Å². The minimum atomic E-state index is -0.559. The number of aromatic nitrogens is 1. The molecule has 1 radical (unpaired) electrons. The Morgan fingerprint density at radius 2 is 2.00 bits per heavy atom. The van der Waals surface area contributed by atoms with Gasteiger partial charge >= 0.3 is 0 Å². The van der Waals surface area contributed by atoms with Gasteiger partial charge in [-0.25, -0.2) is 0 Å². The molecule has 1 fully saturated rings. The first kappa shape index (κ1) is 17.8. The molecule has 1 heterocycles. The van der Waals surface area contributed by atoms with Crippen molar-refractivity contribution >= 4 is 14.0 Å². The molecule has 0 amide bonds. The second-order valence-electron chi connectivity index (χ2n) is 6.81. The molecule has 1 aliphatic rings. The van der Waals surface area contributed by atoms with Crippen LogP contribution in [0.15, 0.2) is 35.3 Å². The number of ether oxygens (including phenoxy) is 2. The quantitative estimate of drug-likeness (QED) is 0.715. The lowest BCUT2D eigenvalue weighted by Gasteiger charge is -2.16. The zero-order valence-corrected chi connectivity index (χ0v) is 16.5. The van der Waals surface area contributed by atoms with Crippen molar-refractivity contribution in [3.05, 3.63) is 40.8 Å². The molecular weight excluding hydrogens is 330 g/mol. The maximum Gasteiger partial charge on any atom is 0.292 e. The van der Waals surface area contributed by atoms with Crippen LogP contribution >= 0.6 is 0 Å². The smallest absolute Gasteiger partial charge is 0.292 e. The van der Waals surface area contributed by atoms with E-state index in [4.69, 9.17) is 9.47 Å². The monoisotopic (exact) mass is 356 g/mol. The molecule has 1 aromatic heterocycles. The summed E-state index contributed by atoms with van der Waals surface area (Å²) in [5.74, 6) is 1.95. The highest BCUT2D eigenvalue weighted by atomic mass is 28.3. The third-order valence-electron chi connectivity index (χ3n) is 4.86. The van der Waals surface area contributed by atoms with Gasteiger partial charge in [-0.05, 0) is 30.9 Å². The fraction of sp³-hybridized carbons (Fsp3) is 0.450. The van der Waals surface area contributed by atoms with E-state index in [1.807, 2.05) is 12.3 Å². The van der Waals surface area contributed by atoms with Gasteiger partial charge in [0, 0.05) is 24.4 Å². The van der Waals surface area contributed by atoms with E-state index in [-0.39, 0.29) is 5.56 Å². The maximum absolute atomic E-state index is 12.1. The number of pyridine rings is 1. The van der Waals surface area contributed by atoms with E-state index in [9.17, 15) is 4.79 Å². The standard InChI is InChI=1S/C20H26NO3Si/c1-5-25(4)16-8-9-18(24-13-14-6-7-14)17(11-16)15-10-19(23-3)20(22)21(2)12-15/h8-12,14H,5-7,13H2,1-4H3. The first-order chi connectivity index (χ1) is 12.0. The Morgan fingerprint density at radius 3 is 2.64 bits per heavy atom. The van der Waals surface area contributed by atoms with Crippen LogP contribution in [-0.2, 0) is 7.05 Å². The predicted molar refractivity (Wildman–Crippen MR) is 104 cm³/mol. The Balaban J connectivity index is 2.06. The number of hydrogen-bond donors (Lipinski definition) is 0. The minimum absolute atomic E-state index is 0.128. The lowest BCUT2D eigenvalue weighted by Crippen LogP contribution is -2.25. The highest BCUT2D eigenvalue weighted by molar-refractivity contribution is 6.72. The van der Waals surface area contributed by atoms with Crippen molar-refractivity contribution in [1.82, 2.24) is 4.57 Å². The molecule has 4 nitrogen and oxygen atoms in total. The highest BCUT2D eigenvalue weighted by Crippen LogP contribution is 2.34. The molecule has 1 aliphatic carbocycles. The summed E-state index contributed by atoms with van der Waals surface area (Å²) in [6.45, 7) is 5.34. The van der Waals surface area contributed by atoms with Crippen molar-refractivity contribution in [2.75, 3.05) is 13.7 Å². The van der Waals surface area contributed by atoms with Gasteiger partial charge in [0.05, 0.1) is 22.5 Å². The molecule has 0 N–H and O–H groups in total. The van der Waals surface area contributed by atoms with E-state index in [0.717, 1.165) is 23.5 Å². The van der Waals surface area contributed by atoms with Crippen LogP contribution in [0.4, 0.5) is 0 Å². The summed E-state index contributed by atoms with van der Waals surface area (Å²) in [5, 5.41) is 1.38. The van der Waals surface area contributed by atoms with E-state index in [1.165, 1.54) is 31.2 Å². The first-order valence-corrected chi connectivity index (χ1v) is 11.1. The average molecular weight is 357 g/mol. The minimum Gasteiger partial charge on any atom is -0.493 e. The third-order valence-corrected chi connectivity index (χ3v) is 7.21. The third kappa shape index (κ3) is 3.98. The van der Waals surface area contributed by atoms with E-state index < -0.39 is 8.80 Å². The van der Waals surface area contributed by atoms with Gasteiger partial charge in [0.1, 0.15) is 5.75 Å². The lowest BCUT2D eigenvalue weighted by atomic mass is 10.1. The number of nitrogens with zero attached hydrogens (tertiary/aromatic N) is 1. The fourth-order valence-corrected chi connectivity index (χ4v) is 3.98. The summed E-state index contributed by atoms with van der Waals surface area (Å²) >= 11 is 0. The van der Waals surface area contributed by atoms with Crippen molar-refractivity contribution in [3.8, 4) is 22.6 Å². The lowest BCUT2D eigenvalue weighted by molar-refractivity contribution is 0.301. The Morgan fingerprint density at radius 1 is 1.24 bits per heavy atom. The second-order valence-corrected chi connectivity index (χ2v) is 9.66.